The molecular formula is C16H22N4O4. The Bertz CT molecular complexity index is 652. The maximum atomic E-state index is 12.3. The third-order valence-corrected chi connectivity index (χ3v) is 5.81. The Morgan fingerprint density at radius 1 is 1.38 bits per heavy atom. The maximum Gasteiger partial charge on any atom is 0.315 e. The van der Waals surface area contributed by atoms with Crippen LogP contribution in [0.1, 0.15) is 48.4 Å². The van der Waals surface area contributed by atoms with Gasteiger partial charge < -0.3 is 25.6 Å². The van der Waals surface area contributed by atoms with Crippen molar-refractivity contribution in [2.75, 3.05) is 6.61 Å². The van der Waals surface area contributed by atoms with Crippen LogP contribution in [0.3, 0.4) is 0 Å². The van der Waals surface area contributed by atoms with Gasteiger partial charge in [-0.05, 0) is 19.3 Å². The van der Waals surface area contributed by atoms with Crippen molar-refractivity contribution in [3.63, 3.8) is 0 Å². The van der Waals surface area contributed by atoms with Gasteiger partial charge in [0.05, 0.1) is 12.6 Å². The molecule has 4 N–H and O–H groups in total. The van der Waals surface area contributed by atoms with Gasteiger partial charge in [-0.15, -0.1) is 0 Å². The molecule has 3 unspecified atom stereocenters. The summed E-state index contributed by atoms with van der Waals surface area (Å²) in [5.74, 6) is 0.171. The zero-order chi connectivity index (χ0) is 16.7. The highest BCUT2D eigenvalue weighted by molar-refractivity contribution is 5.90. The SMILES string of the molecule is NC(=O)c1cc(CNC(=O)NC2C3CCOC3C23CCCC3)on1. The number of carbonyl (C=O) groups excluding carboxylic acids is 2. The van der Waals surface area contributed by atoms with Crippen molar-refractivity contribution < 1.29 is 18.8 Å². The summed E-state index contributed by atoms with van der Waals surface area (Å²) in [5.41, 5.74) is 5.30. The Morgan fingerprint density at radius 2 is 2.17 bits per heavy atom. The molecule has 3 amide bonds. The van der Waals surface area contributed by atoms with Crippen LogP contribution in [0.25, 0.3) is 0 Å². The molecule has 1 saturated heterocycles. The third kappa shape index (κ3) is 2.36. The van der Waals surface area contributed by atoms with E-state index in [-0.39, 0.29) is 29.7 Å². The first-order valence-electron chi connectivity index (χ1n) is 8.51. The molecular weight excluding hydrogens is 312 g/mol. The number of nitrogens with two attached hydrogens (primary N) is 1. The summed E-state index contributed by atoms with van der Waals surface area (Å²) in [6.45, 7) is 0.960. The van der Waals surface area contributed by atoms with E-state index in [1.807, 2.05) is 0 Å². The molecule has 3 atom stereocenters. The minimum Gasteiger partial charge on any atom is -0.377 e. The second kappa shape index (κ2) is 5.77. The van der Waals surface area contributed by atoms with Crippen molar-refractivity contribution in [3.8, 4) is 0 Å². The average Bonchev–Trinajstić information content (AvgIpc) is 3.29. The van der Waals surface area contributed by atoms with Gasteiger partial charge in [0.1, 0.15) is 0 Å². The number of urea groups is 1. The Balaban J connectivity index is 1.34. The minimum absolute atomic E-state index is 0.0575. The fourth-order valence-electron chi connectivity index (χ4n) is 4.78. The number of hydrogen-bond acceptors (Lipinski definition) is 5. The number of hydrogen-bond donors (Lipinski definition) is 3. The van der Waals surface area contributed by atoms with Gasteiger partial charge in [-0.3, -0.25) is 4.79 Å². The Labute approximate surface area is 139 Å². The zero-order valence-electron chi connectivity index (χ0n) is 13.4. The molecule has 2 saturated carbocycles. The molecule has 4 rings (SSSR count). The van der Waals surface area contributed by atoms with E-state index in [0.29, 0.717) is 17.8 Å². The van der Waals surface area contributed by atoms with Crippen LogP contribution in [0, 0.1) is 11.3 Å². The molecule has 8 heteroatoms. The van der Waals surface area contributed by atoms with E-state index >= 15 is 0 Å². The molecule has 0 bridgehead atoms. The van der Waals surface area contributed by atoms with Crippen molar-refractivity contribution in [2.24, 2.45) is 17.1 Å². The molecule has 1 aromatic heterocycles. The van der Waals surface area contributed by atoms with Gasteiger partial charge in [0.15, 0.2) is 11.5 Å². The molecule has 1 spiro atoms. The maximum absolute atomic E-state index is 12.3. The lowest BCUT2D eigenvalue weighted by molar-refractivity contribution is -0.126. The molecule has 0 aromatic carbocycles. The fraction of sp³-hybridized carbons (Fsp3) is 0.688. The number of nitrogens with zero attached hydrogens (tertiary/aromatic N) is 1. The van der Waals surface area contributed by atoms with Crippen LogP contribution < -0.4 is 16.4 Å². The predicted octanol–water partition coefficient (Wildman–Crippen LogP) is 0.920. The number of carbonyl (C=O) groups is 2. The van der Waals surface area contributed by atoms with E-state index < -0.39 is 5.91 Å². The summed E-state index contributed by atoms with van der Waals surface area (Å²) in [6.07, 6.45) is 6.01. The van der Waals surface area contributed by atoms with Crippen molar-refractivity contribution in [2.45, 2.75) is 50.8 Å². The van der Waals surface area contributed by atoms with Gasteiger partial charge in [0.25, 0.3) is 5.91 Å². The lowest BCUT2D eigenvalue weighted by Crippen LogP contribution is -2.69. The fourth-order valence-corrected chi connectivity index (χ4v) is 4.78. The molecule has 3 fully saturated rings. The van der Waals surface area contributed by atoms with Crippen LogP contribution in [0.15, 0.2) is 10.6 Å². The Morgan fingerprint density at radius 3 is 2.88 bits per heavy atom. The summed E-state index contributed by atoms with van der Waals surface area (Å²) in [6, 6.07) is 1.39. The number of ether oxygens (including phenoxy) is 1. The van der Waals surface area contributed by atoms with Crippen LogP contribution in [0.5, 0.6) is 0 Å². The number of nitrogens with one attached hydrogen (secondary N) is 2. The van der Waals surface area contributed by atoms with E-state index in [1.54, 1.807) is 0 Å². The quantitative estimate of drug-likeness (QED) is 0.756. The van der Waals surface area contributed by atoms with Gasteiger partial charge >= 0.3 is 6.03 Å². The number of rotatable bonds is 4. The zero-order valence-corrected chi connectivity index (χ0v) is 13.4. The second-order valence-corrected chi connectivity index (χ2v) is 7.03. The van der Waals surface area contributed by atoms with Gasteiger partial charge in [-0.25, -0.2) is 4.79 Å². The van der Waals surface area contributed by atoms with Crippen molar-refractivity contribution in [1.82, 2.24) is 15.8 Å². The number of fused-ring (bicyclic) bond motifs is 2. The van der Waals surface area contributed by atoms with E-state index in [0.717, 1.165) is 25.9 Å². The number of aromatic nitrogens is 1. The molecule has 3 aliphatic rings. The van der Waals surface area contributed by atoms with E-state index in [1.165, 1.54) is 18.9 Å². The summed E-state index contributed by atoms with van der Waals surface area (Å²) in [4.78, 5) is 23.3. The van der Waals surface area contributed by atoms with Crippen LogP contribution in [-0.2, 0) is 11.3 Å². The smallest absolute Gasteiger partial charge is 0.315 e. The molecule has 1 aliphatic heterocycles. The number of primary amides is 1. The first kappa shape index (κ1) is 15.4. The molecule has 8 nitrogen and oxygen atoms in total. The van der Waals surface area contributed by atoms with Crippen LogP contribution in [0.2, 0.25) is 0 Å². The summed E-state index contributed by atoms with van der Waals surface area (Å²) < 4.78 is 10.9. The topological polar surface area (TPSA) is 119 Å². The average molecular weight is 334 g/mol. The summed E-state index contributed by atoms with van der Waals surface area (Å²) in [7, 11) is 0. The monoisotopic (exact) mass is 334 g/mol. The molecule has 130 valence electrons. The van der Waals surface area contributed by atoms with Crippen molar-refractivity contribution >= 4 is 11.9 Å². The van der Waals surface area contributed by atoms with Crippen molar-refractivity contribution in [1.29, 1.82) is 0 Å². The lowest BCUT2D eigenvalue weighted by Gasteiger charge is -2.56. The summed E-state index contributed by atoms with van der Waals surface area (Å²) in [5, 5.41) is 9.44. The Kier molecular flexibility index (Phi) is 3.71. The van der Waals surface area contributed by atoms with E-state index in [9.17, 15) is 9.59 Å². The first-order chi connectivity index (χ1) is 11.6. The van der Waals surface area contributed by atoms with Crippen LogP contribution in [-0.4, -0.2) is 35.8 Å². The van der Waals surface area contributed by atoms with Gasteiger partial charge in [0, 0.05) is 30.0 Å². The normalized spacial score (nSPS) is 29.9. The highest BCUT2D eigenvalue weighted by Crippen LogP contribution is 2.60. The second-order valence-electron chi connectivity index (χ2n) is 7.03. The van der Waals surface area contributed by atoms with Gasteiger partial charge in [-0.1, -0.05) is 18.0 Å². The van der Waals surface area contributed by atoms with Gasteiger partial charge in [0.2, 0.25) is 0 Å². The lowest BCUT2D eigenvalue weighted by atomic mass is 9.54. The molecule has 2 heterocycles. The Hall–Kier alpha value is -2.09. The third-order valence-electron chi connectivity index (χ3n) is 5.81. The van der Waals surface area contributed by atoms with E-state index in [4.69, 9.17) is 15.0 Å². The molecule has 1 aromatic rings. The first-order valence-corrected chi connectivity index (χ1v) is 8.51. The van der Waals surface area contributed by atoms with Crippen LogP contribution in [0.4, 0.5) is 4.79 Å². The largest absolute Gasteiger partial charge is 0.377 e. The molecule has 24 heavy (non-hydrogen) atoms. The molecule has 2 aliphatic carbocycles. The predicted molar refractivity (Wildman–Crippen MR) is 82.9 cm³/mol. The van der Waals surface area contributed by atoms with Crippen LogP contribution >= 0.6 is 0 Å². The van der Waals surface area contributed by atoms with E-state index in [2.05, 4.69) is 15.8 Å². The van der Waals surface area contributed by atoms with Gasteiger partial charge in [-0.2, -0.15) is 0 Å². The summed E-state index contributed by atoms with van der Waals surface area (Å²) >= 11 is 0. The highest BCUT2D eigenvalue weighted by atomic mass is 16.5. The standard InChI is InChI=1S/C16H22N4O4/c17-14(21)11-7-9(24-20-11)8-18-15(22)19-12-10-3-6-23-13(10)16(12)4-1-2-5-16/h7,10,12-13H,1-6,8H2,(H2,17,21)(H2,18,19,22). The highest BCUT2D eigenvalue weighted by Gasteiger charge is 2.65. The number of amides is 3. The minimum atomic E-state index is -0.653. The molecule has 0 radical (unpaired) electrons. The van der Waals surface area contributed by atoms with Crippen molar-refractivity contribution in [3.05, 3.63) is 17.5 Å².